The molecule has 0 fully saturated rings. The van der Waals surface area contributed by atoms with Crippen LogP contribution in [0.25, 0.3) is 0 Å². The Morgan fingerprint density at radius 1 is 1.33 bits per heavy atom. The Kier molecular flexibility index (Phi) is 3.50. The third-order valence-corrected chi connectivity index (χ3v) is 1.54. The van der Waals surface area contributed by atoms with Crippen LogP contribution in [-0.4, -0.2) is 12.2 Å². The van der Waals surface area contributed by atoms with Gasteiger partial charge in [0.15, 0.2) is 6.08 Å². The smallest absolute Gasteiger partial charge is 0.258 e. The van der Waals surface area contributed by atoms with Crippen LogP contribution in [0.1, 0.15) is 5.56 Å². The molecule has 2 N–H and O–H groups in total. The van der Waals surface area contributed by atoms with Gasteiger partial charge in [-0.1, -0.05) is 12.1 Å². The predicted molar refractivity (Wildman–Crippen MR) is 48.5 cm³/mol. The summed E-state index contributed by atoms with van der Waals surface area (Å²) >= 11 is 0. The number of hydrogen-bond acceptors (Lipinski definition) is 6. The van der Waals surface area contributed by atoms with E-state index in [4.69, 9.17) is 5.73 Å². The van der Waals surface area contributed by atoms with E-state index in [1.807, 2.05) is 0 Å². The van der Waals surface area contributed by atoms with Gasteiger partial charge in [-0.25, -0.2) is 0 Å². The Bertz CT molecular complexity index is 372. The quantitative estimate of drug-likeness (QED) is 0.285. The summed E-state index contributed by atoms with van der Waals surface area (Å²) in [5.74, 6) is 0. The van der Waals surface area contributed by atoms with Crippen molar-refractivity contribution in [3.05, 3.63) is 29.8 Å². The molecule has 0 bridgehead atoms. The van der Waals surface area contributed by atoms with Crippen LogP contribution >= 0.6 is 0 Å². The lowest BCUT2D eigenvalue weighted by Crippen LogP contribution is -2.32. The standard InChI is InChI=1S/C9H10N2O4/c10-7-3-1-6(2-4-7)5-11-8(12)15-9(13)14/h1-4H,5,10H2,(H,11,12)(H,13,14)/p-2. The van der Waals surface area contributed by atoms with Gasteiger partial charge >= 0.3 is 0 Å². The highest BCUT2D eigenvalue weighted by atomic mass is 16.7. The Morgan fingerprint density at radius 3 is 2.47 bits per heavy atom. The number of nitrogen functional groups attached to an aromatic ring is 1. The molecule has 6 nitrogen and oxygen atoms in total. The Morgan fingerprint density at radius 2 is 1.93 bits per heavy atom. The third-order valence-electron chi connectivity index (χ3n) is 1.54. The van der Waals surface area contributed by atoms with Crippen molar-refractivity contribution in [2.45, 2.75) is 6.54 Å². The number of carboxylic acid groups (broad SMARTS) is 1. The molecule has 1 rings (SSSR count). The van der Waals surface area contributed by atoms with Gasteiger partial charge in [0, 0.05) is 5.69 Å². The summed E-state index contributed by atoms with van der Waals surface area (Å²) in [5, 5.41) is 20.5. The van der Waals surface area contributed by atoms with Gasteiger partial charge in [0.05, 0.1) is 6.54 Å². The summed E-state index contributed by atoms with van der Waals surface area (Å²) in [6.45, 7) is 0.0341. The highest BCUT2D eigenvalue weighted by molar-refractivity contribution is 5.75. The summed E-state index contributed by atoms with van der Waals surface area (Å²) in [4.78, 5) is 13.2. The molecule has 15 heavy (non-hydrogen) atoms. The molecule has 0 saturated carbocycles. The molecule has 0 amide bonds. The highest BCUT2D eigenvalue weighted by Crippen LogP contribution is 2.06. The molecule has 0 aromatic heterocycles. The molecular formula is C9H8N2O4-2. The molecule has 1 aromatic carbocycles. The molecule has 0 unspecified atom stereocenters. The summed E-state index contributed by atoms with van der Waals surface area (Å²) in [5.41, 5.74) is 6.76. The Balaban J connectivity index is 2.55. The molecule has 0 atom stereocenters. The maximum absolute atomic E-state index is 10.7. The van der Waals surface area contributed by atoms with E-state index >= 15 is 0 Å². The van der Waals surface area contributed by atoms with Gasteiger partial charge in [0.2, 0.25) is 0 Å². The second-order valence-corrected chi connectivity index (χ2v) is 2.68. The lowest BCUT2D eigenvalue weighted by molar-refractivity contribution is -0.297. The van der Waals surface area contributed by atoms with E-state index in [9.17, 15) is 15.0 Å². The zero-order valence-corrected chi connectivity index (χ0v) is 7.67. The van der Waals surface area contributed by atoms with Crippen LogP contribution in [0.4, 0.5) is 10.5 Å². The van der Waals surface area contributed by atoms with Gasteiger partial charge in [-0.15, -0.1) is 0 Å². The van der Waals surface area contributed by atoms with E-state index in [1.54, 1.807) is 24.3 Å². The zero-order chi connectivity index (χ0) is 11.3. The van der Waals surface area contributed by atoms with Gasteiger partial charge in [0.25, 0.3) is 6.16 Å². The predicted octanol–water partition coefficient (Wildman–Crippen LogP) is -1.15. The average Bonchev–Trinajstić information content (AvgIpc) is 2.16. The third kappa shape index (κ3) is 3.99. The second-order valence-electron chi connectivity index (χ2n) is 2.68. The van der Waals surface area contributed by atoms with E-state index in [2.05, 4.69) is 9.73 Å². The number of carbonyl (C=O) groups is 1. The molecule has 80 valence electrons. The molecule has 6 heteroatoms. The topological polar surface area (TPSA) is 111 Å². The molecule has 0 aliphatic carbocycles. The molecule has 0 radical (unpaired) electrons. The zero-order valence-electron chi connectivity index (χ0n) is 7.67. The van der Waals surface area contributed by atoms with Crippen molar-refractivity contribution in [1.82, 2.24) is 0 Å². The summed E-state index contributed by atoms with van der Waals surface area (Å²) in [6, 6.07) is 6.64. The van der Waals surface area contributed by atoms with Crippen molar-refractivity contribution in [1.29, 1.82) is 0 Å². The SMILES string of the molecule is Nc1ccc(CN=C([O-])OC(=O)[O-])cc1. The number of nitrogens with two attached hydrogens (primary N) is 1. The van der Waals surface area contributed by atoms with E-state index in [0.717, 1.165) is 5.56 Å². The molecule has 0 heterocycles. The summed E-state index contributed by atoms with van der Waals surface area (Å²) < 4.78 is 3.67. The lowest BCUT2D eigenvalue weighted by atomic mass is 10.2. The summed E-state index contributed by atoms with van der Waals surface area (Å²) in [6.07, 6.45) is -3.10. The number of nitrogens with zero attached hydrogens (tertiary/aromatic N) is 1. The molecule has 0 aliphatic rings. The first kappa shape index (κ1) is 10.8. The summed E-state index contributed by atoms with van der Waals surface area (Å²) in [7, 11) is 0. The average molecular weight is 208 g/mol. The number of rotatable bonds is 2. The second kappa shape index (κ2) is 4.85. The van der Waals surface area contributed by atoms with E-state index in [0.29, 0.717) is 5.69 Å². The van der Waals surface area contributed by atoms with Gasteiger partial charge < -0.3 is 25.5 Å². The largest absolute Gasteiger partial charge is 0.521 e. The van der Waals surface area contributed by atoms with E-state index in [1.165, 1.54) is 0 Å². The number of anilines is 1. The number of carbonyl (C=O) groups excluding carboxylic acids is 1. The molecular weight excluding hydrogens is 200 g/mol. The van der Waals surface area contributed by atoms with Crippen LogP contribution < -0.4 is 15.9 Å². The highest BCUT2D eigenvalue weighted by Gasteiger charge is 1.92. The first-order valence-corrected chi connectivity index (χ1v) is 4.02. The van der Waals surface area contributed by atoms with Gasteiger partial charge in [-0.05, 0) is 17.7 Å². The first-order valence-electron chi connectivity index (χ1n) is 4.02. The van der Waals surface area contributed by atoms with E-state index in [-0.39, 0.29) is 6.54 Å². The minimum absolute atomic E-state index is 0.0341. The van der Waals surface area contributed by atoms with Crippen molar-refractivity contribution in [2.24, 2.45) is 4.99 Å². The fourth-order valence-corrected chi connectivity index (χ4v) is 0.882. The number of ether oxygens (including phenoxy) is 1. The van der Waals surface area contributed by atoms with Crippen molar-refractivity contribution < 1.29 is 19.7 Å². The Hall–Kier alpha value is -2.24. The van der Waals surface area contributed by atoms with Crippen molar-refractivity contribution in [3.63, 3.8) is 0 Å². The van der Waals surface area contributed by atoms with Gasteiger partial charge in [0.1, 0.15) is 0 Å². The van der Waals surface area contributed by atoms with Gasteiger partial charge in [-0.2, -0.15) is 0 Å². The first-order chi connectivity index (χ1) is 7.08. The van der Waals surface area contributed by atoms with Crippen molar-refractivity contribution >= 4 is 17.9 Å². The fraction of sp³-hybridized carbons (Fsp3) is 0.111. The van der Waals surface area contributed by atoms with Gasteiger partial charge in [-0.3, -0.25) is 4.99 Å². The van der Waals surface area contributed by atoms with Crippen molar-refractivity contribution in [3.8, 4) is 0 Å². The molecule has 0 aliphatic heterocycles. The normalized spacial score (nSPS) is 11.1. The van der Waals surface area contributed by atoms with Crippen LogP contribution in [0, 0.1) is 0 Å². The molecule has 0 saturated heterocycles. The minimum atomic E-state index is -1.92. The van der Waals surface area contributed by atoms with Crippen LogP contribution in [0.2, 0.25) is 0 Å². The molecule has 1 aromatic rings. The number of aliphatic imine (C=N–C) groups is 1. The van der Waals surface area contributed by atoms with Crippen LogP contribution in [-0.2, 0) is 11.3 Å². The Labute approximate surface area is 85.6 Å². The fourth-order valence-electron chi connectivity index (χ4n) is 0.882. The number of benzene rings is 1. The van der Waals surface area contributed by atoms with Crippen LogP contribution in [0.3, 0.4) is 0 Å². The number of hydrogen-bond donors (Lipinski definition) is 1. The monoisotopic (exact) mass is 208 g/mol. The maximum Gasteiger partial charge on any atom is 0.258 e. The van der Waals surface area contributed by atoms with E-state index < -0.39 is 12.2 Å². The lowest BCUT2D eigenvalue weighted by Gasteiger charge is -2.07. The van der Waals surface area contributed by atoms with Crippen LogP contribution in [0.15, 0.2) is 29.3 Å². The van der Waals surface area contributed by atoms with Crippen LogP contribution in [0.5, 0.6) is 0 Å². The minimum Gasteiger partial charge on any atom is -0.521 e. The molecule has 0 spiro atoms. The van der Waals surface area contributed by atoms with Crippen molar-refractivity contribution in [2.75, 3.05) is 5.73 Å². The maximum atomic E-state index is 10.7.